The van der Waals surface area contributed by atoms with Gasteiger partial charge in [-0.25, -0.2) is 8.42 Å². The van der Waals surface area contributed by atoms with Crippen LogP contribution in [0.5, 0.6) is 11.5 Å². The molecule has 1 aliphatic rings. The average molecular weight is 628 g/mol. The molecule has 0 heterocycles. The van der Waals surface area contributed by atoms with Gasteiger partial charge in [0.25, 0.3) is 10.0 Å². The third kappa shape index (κ3) is 8.00. The molecule has 43 heavy (non-hydrogen) atoms. The Balaban J connectivity index is 1.67. The van der Waals surface area contributed by atoms with E-state index in [4.69, 9.17) is 21.1 Å². The molecule has 0 bridgehead atoms. The molecule has 0 saturated heterocycles. The van der Waals surface area contributed by atoms with Gasteiger partial charge < -0.3 is 19.7 Å². The Labute approximate surface area is 258 Å². The van der Waals surface area contributed by atoms with Crippen LogP contribution in [0.3, 0.4) is 0 Å². The standard InChI is InChI=1S/C32H38ClN3O6S/c1-23(32(38)34-26-11-7-8-12-26)35(20-19-24-9-5-4-6-10-24)31(37)22-36(27-15-13-25(33)14-16-27)43(39,40)28-17-18-29(41-2)30(21-28)42-3/h4-6,9-10,13-18,21,23,26H,7-8,11-12,19-20,22H2,1-3H3,(H,34,38)/t23-/m1/s1. The molecule has 3 aromatic carbocycles. The first-order valence-corrected chi connectivity index (χ1v) is 16.1. The fourth-order valence-electron chi connectivity index (χ4n) is 5.20. The van der Waals surface area contributed by atoms with E-state index in [0.29, 0.717) is 17.2 Å². The predicted molar refractivity (Wildman–Crippen MR) is 167 cm³/mol. The number of sulfonamides is 1. The van der Waals surface area contributed by atoms with Crippen LogP contribution in [0.2, 0.25) is 5.02 Å². The molecule has 0 aliphatic heterocycles. The van der Waals surface area contributed by atoms with E-state index in [1.54, 1.807) is 31.2 Å². The van der Waals surface area contributed by atoms with Crippen molar-refractivity contribution in [2.75, 3.05) is 31.6 Å². The van der Waals surface area contributed by atoms with Crippen LogP contribution in [-0.2, 0) is 26.0 Å². The van der Waals surface area contributed by atoms with Crippen molar-refractivity contribution in [3.8, 4) is 11.5 Å². The van der Waals surface area contributed by atoms with Gasteiger partial charge >= 0.3 is 0 Å². The molecule has 9 nitrogen and oxygen atoms in total. The lowest BCUT2D eigenvalue weighted by Crippen LogP contribution is -2.53. The number of halogens is 1. The van der Waals surface area contributed by atoms with Gasteiger partial charge in [0.05, 0.1) is 24.8 Å². The van der Waals surface area contributed by atoms with Gasteiger partial charge in [0.2, 0.25) is 11.8 Å². The summed E-state index contributed by atoms with van der Waals surface area (Å²) in [5, 5.41) is 3.49. The maximum absolute atomic E-state index is 14.1. The van der Waals surface area contributed by atoms with Gasteiger partial charge in [0.15, 0.2) is 11.5 Å². The van der Waals surface area contributed by atoms with Crippen molar-refractivity contribution in [2.24, 2.45) is 0 Å². The number of carbonyl (C=O) groups is 2. The minimum Gasteiger partial charge on any atom is -0.493 e. The molecule has 0 unspecified atom stereocenters. The van der Waals surface area contributed by atoms with Gasteiger partial charge in [-0.1, -0.05) is 54.8 Å². The van der Waals surface area contributed by atoms with Crippen LogP contribution in [0, 0.1) is 0 Å². The predicted octanol–water partition coefficient (Wildman–Crippen LogP) is 5.07. The van der Waals surface area contributed by atoms with Crippen LogP contribution in [0.1, 0.15) is 38.2 Å². The molecule has 1 fully saturated rings. The summed E-state index contributed by atoms with van der Waals surface area (Å²) in [7, 11) is -1.41. The SMILES string of the molecule is COc1ccc(S(=O)(=O)N(CC(=O)N(CCc2ccccc2)[C@H](C)C(=O)NC2CCCC2)c2ccc(Cl)cc2)cc1OC. The summed E-state index contributed by atoms with van der Waals surface area (Å²) in [5.41, 5.74) is 1.25. The largest absolute Gasteiger partial charge is 0.493 e. The molecule has 0 radical (unpaired) electrons. The molecule has 4 rings (SSSR count). The van der Waals surface area contributed by atoms with Crippen molar-refractivity contribution in [3.05, 3.63) is 83.4 Å². The van der Waals surface area contributed by atoms with E-state index in [2.05, 4.69) is 5.32 Å². The third-order valence-electron chi connectivity index (χ3n) is 7.69. The van der Waals surface area contributed by atoms with Gasteiger partial charge in [-0.3, -0.25) is 13.9 Å². The summed E-state index contributed by atoms with van der Waals surface area (Å²) >= 11 is 6.10. The Morgan fingerprint density at radius 2 is 1.60 bits per heavy atom. The number of hydrogen-bond donors (Lipinski definition) is 1. The van der Waals surface area contributed by atoms with E-state index in [1.807, 2.05) is 30.3 Å². The van der Waals surface area contributed by atoms with Crippen LogP contribution in [0.25, 0.3) is 0 Å². The van der Waals surface area contributed by atoms with Crippen molar-refractivity contribution in [1.29, 1.82) is 0 Å². The smallest absolute Gasteiger partial charge is 0.264 e. The van der Waals surface area contributed by atoms with E-state index in [-0.39, 0.29) is 34.8 Å². The van der Waals surface area contributed by atoms with Crippen LogP contribution in [0.15, 0.2) is 77.7 Å². The topological polar surface area (TPSA) is 105 Å². The van der Waals surface area contributed by atoms with Gasteiger partial charge in [-0.05, 0) is 68.1 Å². The number of hydrogen-bond acceptors (Lipinski definition) is 6. The third-order valence-corrected chi connectivity index (χ3v) is 9.71. The molecule has 1 aliphatic carbocycles. The first kappa shape index (κ1) is 32.2. The minimum absolute atomic E-state index is 0.0806. The summed E-state index contributed by atoms with van der Waals surface area (Å²) in [4.78, 5) is 28.8. The van der Waals surface area contributed by atoms with Gasteiger partial charge in [-0.15, -0.1) is 0 Å². The lowest BCUT2D eigenvalue weighted by molar-refractivity contribution is -0.139. The molecule has 0 spiro atoms. The van der Waals surface area contributed by atoms with Crippen molar-refractivity contribution >= 4 is 39.1 Å². The Morgan fingerprint density at radius 3 is 2.23 bits per heavy atom. The highest BCUT2D eigenvalue weighted by atomic mass is 35.5. The molecule has 2 amide bonds. The molecule has 230 valence electrons. The fraction of sp³-hybridized carbons (Fsp3) is 0.375. The lowest BCUT2D eigenvalue weighted by Gasteiger charge is -2.32. The number of methoxy groups -OCH3 is 2. The average Bonchev–Trinajstić information content (AvgIpc) is 3.53. The summed E-state index contributed by atoms with van der Waals surface area (Å²) in [5.74, 6) is -0.171. The van der Waals surface area contributed by atoms with E-state index in [1.165, 1.54) is 37.3 Å². The molecule has 11 heteroatoms. The van der Waals surface area contributed by atoms with Gasteiger partial charge in [0, 0.05) is 23.7 Å². The maximum Gasteiger partial charge on any atom is 0.264 e. The highest BCUT2D eigenvalue weighted by Crippen LogP contribution is 2.32. The zero-order chi connectivity index (χ0) is 31.0. The second-order valence-corrected chi connectivity index (χ2v) is 12.8. The number of benzene rings is 3. The van der Waals surface area contributed by atoms with Crippen molar-refractivity contribution in [1.82, 2.24) is 10.2 Å². The molecule has 0 aromatic heterocycles. The minimum atomic E-state index is -4.28. The lowest BCUT2D eigenvalue weighted by atomic mass is 10.1. The van der Waals surface area contributed by atoms with E-state index >= 15 is 0 Å². The Morgan fingerprint density at radius 1 is 0.953 bits per heavy atom. The molecule has 3 aromatic rings. The molecule has 1 N–H and O–H groups in total. The van der Waals surface area contributed by atoms with Crippen molar-refractivity contribution < 1.29 is 27.5 Å². The van der Waals surface area contributed by atoms with Crippen molar-refractivity contribution in [2.45, 2.75) is 56.0 Å². The highest BCUT2D eigenvalue weighted by Gasteiger charge is 2.33. The number of anilines is 1. The zero-order valence-corrected chi connectivity index (χ0v) is 26.2. The number of amides is 2. The monoisotopic (exact) mass is 627 g/mol. The highest BCUT2D eigenvalue weighted by molar-refractivity contribution is 7.92. The molecular weight excluding hydrogens is 590 g/mol. The summed E-state index contributed by atoms with van der Waals surface area (Å²) < 4.78 is 39.8. The summed E-state index contributed by atoms with van der Waals surface area (Å²) in [6, 6.07) is 19.4. The molecule has 1 saturated carbocycles. The zero-order valence-electron chi connectivity index (χ0n) is 24.7. The quantitative estimate of drug-likeness (QED) is 0.284. The number of nitrogens with zero attached hydrogens (tertiary/aromatic N) is 2. The van der Waals surface area contributed by atoms with Crippen LogP contribution in [-0.4, -0.2) is 64.5 Å². The van der Waals surface area contributed by atoms with Crippen LogP contribution >= 0.6 is 11.6 Å². The molecule has 1 atom stereocenters. The number of ether oxygens (including phenoxy) is 2. The Kier molecular flexibility index (Phi) is 10.9. The molecular formula is C32H38ClN3O6S. The van der Waals surface area contributed by atoms with Crippen LogP contribution < -0.4 is 19.1 Å². The summed E-state index contributed by atoms with van der Waals surface area (Å²) in [6.45, 7) is 1.38. The number of nitrogens with one attached hydrogen (secondary N) is 1. The van der Waals surface area contributed by atoms with Crippen molar-refractivity contribution in [3.63, 3.8) is 0 Å². The first-order chi connectivity index (χ1) is 20.6. The fourth-order valence-corrected chi connectivity index (χ4v) is 6.76. The van der Waals surface area contributed by atoms with E-state index < -0.39 is 28.5 Å². The second-order valence-electron chi connectivity index (χ2n) is 10.5. The number of rotatable bonds is 13. The number of carbonyl (C=O) groups excluding carboxylic acids is 2. The summed E-state index contributed by atoms with van der Waals surface area (Å²) in [6.07, 6.45) is 4.42. The maximum atomic E-state index is 14.1. The normalized spacial score (nSPS) is 14.1. The van der Waals surface area contributed by atoms with E-state index in [9.17, 15) is 18.0 Å². The van der Waals surface area contributed by atoms with Gasteiger partial charge in [0.1, 0.15) is 12.6 Å². The van der Waals surface area contributed by atoms with E-state index in [0.717, 1.165) is 35.6 Å². The van der Waals surface area contributed by atoms with Crippen LogP contribution in [0.4, 0.5) is 5.69 Å². The Hall–Kier alpha value is -3.76. The van der Waals surface area contributed by atoms with Gasteiger partial charge in [-0.2, -0.15) is 0 Å². The first-order valence-electron chi connectivity index (χ1n) is 14.3. The Bertz CT molecular complexity index is 1500. The second kappa shape index (κ2) is 14.6.